The summed E-state index contributed by atoms with van der Waals surface area (Å²) >= 11 is 0. The first kappa shape index (κ1) is 22.8. The lowest BCUT2D eigenvalue weighted by molar-refractivity contribution is -0.141. The van der Waals surface area contributed by atoms with Crippen LogP contribution in [-0.4, -0.2) is 46.4 Å². The molecule has 1 aromatic carbocycles. The Kier molecular flexibility index (Phi) is 6.08. The van der Waals surface area contributed by atoms with E-state index in [9.17, 15) is 9.59 Å². The van der Waals surface area contributed by atoms with Gasteiger partial charge in [0.2, 0.25) is 5.91 Å². The molecule has 1 amide bonds. The van der Waals surface area contributed by atoms with Crippen LogP contribution in [0.25, 0.3) is 0 Å². The number of fused-ring (bicyclic) bond motifs is 1. The van der Waals surface area contributed by atoms with E-state index in [-0.39, 0.29) is 40.7 Å². The smallest absolute Gasteiger partial charge is 0.228 e. The summed E-state index contributed by atoms with van der Waals surface area (Å²) in [5, 5.41) is 3.06. The third-order valence-electron chi connectivity index (χ3n) is 7.18. The lowest BCUT2D eigenvalue weighted by atomic mass is 9.70. The van der Waals surface area contributed by atoms with Gasteiger partial charge in [-0.15, -0.1) is 0 Å². The molecule has 0 unspecified atom stereocenters. The molecule has 166 valence electrons. The van der Waals surface area contributed by atoms with Crippen LogP contribution in [0, 0.1) is 11.8 Å². The fourth-order valence-corrected chi connectivity index (χ4v) is 5.86. The van der Waals surface area contributed by atoms with Crippen LogP contribution in [0.2, 0.25) is 18.1 Å². The van der Waals surface area contributed by atoms with Crippen LogP contribution >= 0.6 is 0 Å². The van der Waals surface area contributed by atoms with Crippen molar-refractivity contribution < 1.29 is 23.5 Å². The van der Waals surface area contributed by atoms with E-state index in [4.69, 9.17) is 13.9 Å². The van der Waals surface area contributed by atoms with Crippen molar-refractivity contribution in [3.63, 3.8) is 0 Å². The molecule has 1 fully saturated rings. The highest BCUT2D eigenvalue weighted by Gasteiger charge is 2.52. The lowest BCUT2D eigenvalue weighted by Crippen LogP contribution is -2.67. The van der Waals surface area contributed by atoms with Crippen molar-refractivity contribution in [2.75, 3.05) is 14.2 Å². The number of rotatable bonds is 6. The zero-order chi connectivity index (χ0) is 22.4. The van der Waals surface area contributed by atoms with Crippen LogP contribution in [0.3, 0.4) is 0 Å². The molecular weight excluding hydrogens is 398 g/mol. The zero-order valence-electron chi connectivity index (χ0n) is 19.4. The number of ketones is 1. The Morgan fingerprint density at radius 1 is 1.13 bits per heavy atom. The molecule has 1 saturated heterocycles. The number of Topliss-reactive ketones (excluding diaryl/α,β-unsaturated/α-hetero) is 1. The molecule has 2 aliphatic rings. The number of ether oxygens (including phenoxy) is 2. The molecule has 3 rings (SSSR count). The summed E-state index contributed by atoms with van der Waals surface area (Å²) in [5.74, 6) is 0.765. The average molecular weight is 434 g/mol. The fraction of sp³-hybridized carbons (Fsp3) is 0.652. The summed E-state index contributed by atoms with van der Waals surface area (Å²) in [4.78, 5) is 25.8. The van der Waals surface area contributed by atoms with E-state index in [1.54, 1.807) is 20.3 Å². The number of nitrogens with one attached hydrogen (secondary N) is 1. The van der Waals surface area contributed by atoms with Crippen molar-refractivity contribution in [3.05, 3.63) is 23.3 Å². The highest BCUT2D eigenvalue weighted by Crippen LogP contribution is 2.43. The number of carbonyl (C=O) groups is 2. The van der Waals surface area contributed by atoms with Crippen LogP contribution in [-0.2, 0) is 15.6 Å². The molecule has 4 atom stereocenters. The first-order valence-corrected chi connectivity index (χ1v) is 13.6. The maximum Gasteiger partial charge on any atom is 0.228 e. The Bertz CT molecular complexity index is 845. The Balaban J connectivity index is 1.82. The molecule has 0 spiro atoms. The standard InChI is InChI=1S/C23H35NO5Si/c1-13(29-30(7,8)23(2,3)4)18-19(24-22(18)26)16-10-9-15-14(20(16)25)11-12-17(27-5)21(15)28-6/h11-13,16,18-19H,9-10H2,1-8H3,(H,24,26)/t13-,16-,18-,19-/m1/s1. The largest absolute Gasteiger partial charge is 0.493 e. The summed E-state index contributed by atoms with van der Waals surface area (Å²) in [6.07, 6.45) is 1.16. The number of carbonyl (C=O) groups excluding carboxylic acids is 2. The summed E-state index contributed by atoms with van der Waals surface area (Å²) in [5.41, 5.74) is 1.56. The van der Waals surface area contributed by atoms with E-state index < -0.39 is 8.32 Å². The van der Waals surface area contributed by atoms with Gasteiger partial charge in [0.25, 0.3) is 0 Å². The van der Waals surface area contributed by atoms with Crippen molar-refractivity contribution in [1.82, 2.24) is 5.32 Å². The maximum atomic E-state index is 13.4. The van der Waals surface area contributed by atoms with E-state index >= 15 is 0 Å². The summed E-state index contributed by atoms with van der Waals surface area (Å²) in [6, 6.07) is 3.40. The Morgan fingerprint density at radius 3 is 2.33 bits per heavy atom. The second-order valence-corrected chi connectivity index (χ2v) is 14.7. The molecule has 0 radical (unpaired) electrons. The molecule has 30 heavy (non-hydrogen) atoms. The van der Waals surface area contributed by atoms with Gasteiger partial charge in [0.05, 0.1) is 32.3 Å². The topological polar surface area (TPSA) is 73.9 Å². The molecule has 6 nitrogen and oxygen atoms in total. The molecule has 0 bridgehead atoms. The summed E-state index contributed by atoms with van der Waals surface area (Å²) in [6.45, 7) is 12.9. The molecule has 1 N–H and O–H groups in total. The van der Waals surface area contributed by atoms with Crippen molar-refractivity contribution in [2.45, 2.75) is 70.8 Å². The van der Waals surface area contributed by atoms with E-state index in [1.165, 1.54) is 0 Å². The number of β-lactam (4-membered cyclic amide) rings is 1. The SMILES string of the molecule is COc1ccc2c(c1OC)CC[C@H]([C@H]1NC(=O)[C@@H]1[C@@H](C)O[Si](C)(C)C(C)(C)C)C2=O. The normalized spacial score (nSPS) is 25.1. The first-order valence-electron chi connectivity index (χ1n) is 10.7. The van der Waals surface area contributed by atoms with Crippen molar-refractivity contribution in [2.24, 2.45) is 11.8 Å². The Morgan fingerprint density at radius 2 is 1.80 bits per heavy atom. The van der Waals surface area contributed by atoms with Crippen LogP contribution in [0.5, 0.6) is 11.5 Å². The van der Waals surface area contributed by atoms with Gasteiger partial charge in [-0.2, -0.15) is 0 Å². The van der Waals surface area contributed by atoms with Gasteiger partial charge in [-0.1, -0.05) is 20.8 Å². The van der Waals surface area contributed by atoms with Gasteiger partial charge in [-0.25, -0.2) is 0 Å². The second-order valence-electron chi connectivity index (χ2n) is 9.98. The zero-order valence-corrected chi connectivity index (χ0v) is 20.4. The number of methoxy groups -OCH3 is 2. The maximum absolute atomic E-state index is 13.4. The van der Waals surface area contributed by atoms with Crippen LogP contribution in [0.1, 0.15) is 50.0 Å². The van der Waals surface area contributed by atoms with Crippen molar-refractivity contribution in [1.29, 1.82) is 0 Å². The highest BCUT2D eigenvalue weighted by molar-refractivity contribution is 6.74. The van der Waals surface area contributed by atoms with E-state index in [1.807, 2.05) is 13.0 Å². The van der Waals surface area contributed by atoms with E-state index in [0.29, 0.717) is 29.9 Å². The van der Waals surface area contributed by atoms with Gasteiger partial charge in [0, 0.05) is 17.0 Å². The van der Waals surface area contributed by atoms with Gasteiger partial charge >= 0.3 is 0 Å². The molecule has 1 aliphatic heterocycles. The minimum Gasteiger partial charge on any atom is -0.493 e. The van der Waals surface area contributed by atoms with Gasteiger partial charge in [0.15, 0.2) is 25.6 Å². The Labute approximate surface area is 180 Å². The molecular formula is C23H35NO5Si. The minimum atomic E-state index is -2.01. The monoisotopic (exact) mass is 433 g/mol. The molecule has 1 aliphatic carbocycles. The summed E-state index contributed by atoms with van der Waals surface area (Å²) in [7, 11) is 1.17. The quantitative estimate of drug-likeness (QED) is 0.543. The number of hydrogen-bond donors (Lipinski definition) is 1. The Hall–Kier alpha value is -1.86. The lowest BCUT2D eigenvalue weighted by Gasteiger charge is -2.48. The molecule has 0 saturated carbocycles. The molecule has 1 heterocycles. The first-order chi connectivity index (χ1) is 13.9. The number of hydrogen-bond acceptors (Lipinski definition) is 5. The van der Waals surface area contributed by atoms with Gasteiger partial charge in [-0.05, 0) is 50.0 Å². The van der Waals surface area contributed by atoms with Gasteiger partial charge in [-0.3, -0.25) is 9.59 Å². The number of benzene rings is 1. The van der Waals surface area contributed by atoms with E-state index in [0.717, 1.165) is 5.56 Å². The predicted octanol–water partition coefficient (Wildman–Crippen LogP) is 3.97. The van der Waals surface area contributed by atoms with E-state index in [2.05, 4.69) is 39.2 Å². The van der Waals surface area contributed by atoms with Gasteiger partial charge < -0.3 is 19.2 Å². The van der Waals surface area contributed by atoms with Gasteiger partial charge in [0.1, 0.15) is 0 Å². The van der Waals surface area contributed by atoms with Crippen molar-refractivity contribution in [3.8, 4) is 11.5 Å². The number of amides is 1. The molecule has 1 aromatic rings. The highest BCUT2D eigenvalue weighted by atomic mass is 28.4. The molecule has 7 heteroatoms. The van der Waals surface area contributed by atoms with Crippen LogP contribution in [0.15, 0.2) is 12.1 Å². The van der Waals surface area contributed by atoms with Crippen LogP contribution < -0.4 is 14.8 Å². The fourth-order valence-electron chi connectivity index (χ4n) is 4.43. The second kappa shape index (κ2) is 8.00. The minimum absolute atomic E-state index is 0.0166. The van der Waals surface area contributed by atoms with Crippen LogP contribution in [0.4, 0.5) is 0 Å². The van der Waals surface area contributed by atoms with Crippen molar-refractivity contribution >= 4 is 20.0 Å². The predicted molar refractivity (Wildman–Crippen MR) is 119 cm³/mol. The third kappa shape index (κ3) is 3.78. The molecule has 0 aromatic heterocycles. The summed E-state index contributed by atoms with van der Waals surface area (Å²) < 4.78 is 17.4. The average Bonchev–Trinajstić information content (AvgIpc) is 2.64. The third-order valence-corrected chi connectivity index (χ3v) is 11.8.